The zero-order valence-electron chi connectivity index (χ0n) is 10.5. The first-order valence-corrected chi connectivity index (χ1v) is 6.87. The molecular formula is C12H13N5O2S. The van der Waals surface area contributed by atoms with Crippen molar-refractivity contribution in [3.8, 4) is 5.75 Å². The van der Waals surface area contributed by atoms with Gasteiger partial charge in [-0.2, -0.15) is 0 Å². The molecule has 0 spiro atoms. The van der Waals surface area contributed by atoms with Crippen LogP contribution in [-0.4, -0.2) is 15.5 Å². The van der Waals surface area contributed by atoms with Gasteiger partial charge in [-0.25, -0.2) is 5.84 Å². The minimum Gasteiger partial charge on any atom is -0.487 e. The third-order valence-electron chi connectivity index (χ3n) is 3.03. The van der Waals surface area contributed by atoms with Crippen LogP contribution in [-0.2, 0) is 17.8 Å². The molecule has 0 unspecified atom stereocenters. The van der Waals surface area contributed by atoms with E-state index >= 15 is 0 Å². The van der Waals surface area contributed by atoms with Crippen LogP contribution in [0.3, 0.4) is 0 Å². The molecule has 2 aromatic rings. The van der Waals surface area contributed by atoms with Crippen molar-refractivity contribution in [3.05, 3.63) is 29.5 Å². The number of benzene rings is 1. The van der Waals surface area contributed by atoms with E-state index < -0.39 is 0 Å². The summed E-state index contributed by atoms with van der Waals surface area (Å²) in [5.74, 6) is 6.14. The topological polar surface area (TPSA) is 102 Å². The number of carbonyl (C=O) groups excluding carboxylic acids is 1. The quantitative estimate of drug-likeness (QED) is 0.579. The Balaban J connectivity index is 1.71. The second-order valence-corrected chi connectivity index (χ2v) is 5.10. The van der Waals surface area contributed by atoms with Crippen LogP contribution < -0.4 is 21.3 Å². The Morgan fingerprint density at radius 1 is 1.45 bits per heavy atom. The van der Waals surface area contributed by atoms with Gasteiger partial charge in [-0.1, -0.05) is 4.49 Å². The van der Waals surface area contributed by atoms with E-state index in [1.807, 2.05) is 18.2 Å². The standard InChI is InChI=1S/C12H13N5O2S/c13-15-12-10(16-17-20-12)6-19-8-2-3-9-7(5-8)1-4-11(18)14-9/h2-3,5,15H,1,4,6,13H2,(H,14,18). The van der Waals surface area contributed by atoms with Crippen LogP contribution in [0.1, 0.15) is 17.7 Å². The Hall–Kier alpha value is -2.19. The van der Waals surface area contributed by atoms with E-state index in [-0.39, 0.29) is 5.91 Å². The number of hydrazine groups is 1. The lowest BCUT2D eigenvalue weighted by Gasteiger charge is -2.17. The number of nitrogens with two attached hydrogens (primary N) is 1. The van der Waals surface area contributed by atoms with Gasteiger partial charge < -0.3 is 15.5 Å². The first kappa shape index (κ1) is 12.8. The van der Waals surface area contributed by atoms with Gasteiger partial charge in [0.1, 0.15) is 18.1 Å². The fourth-order valence-corrected chi connectivity index (χ4v) is 2.49. The third kappa shape index (κ3) is 2.56. The molecule has 0 bridgehead atoms. The molecule has 3 rings (SSSR count). The van der Waals surface area contributed by atoms with Gasteiger partial charge in [0, 0.05) is 23.6 Å². The molecule has 7 nitrogen and oxygen atoms in total. The molecule has 20 heavy (non-hydrogen) atoms. The van der Waals surface area contributed by atoms with Crippen molar-refractivity contribution >= 4 is 28.1 Å². The highest BCUT2D eigenvalue weighted by Crippen LogP contribution is 2.27. The van der Waals surface area contributed by atoms with E-state index in [9.17, 15) is 4.79 Å². The molecule has 0 radical (unpaired) electrons. The molecule has 1 aliphatic rings. The fraction of sp³-hybridized carbons (Fsp3) is 0.250. The van der Waals surface area contributed by atoms with Gasteiger partial charge in [0.05, 0.1) is 0 Å². The number of aryl methyl sites for hydroxylation is 1. The van der Waals surface area contributed by atoms with E-state index in [0.29, 0.717) is 23.7 Å². The predicted molar refractivity (Wildman–Crippen MR) is 75.4 cm³/mol. The summed E-state index contributed by atoms with van der Waals surface area (Å²) < 4.78 is 9.49. The van der Waals surface area contributed by atoms with Gasteiger partial charge in [-0.15, -0.1) is 5.10 Å². The predicted octanol–water partition coefficient (Wildman–Crippen LogP) is 1.29. The summed E-state index contributed by atoms with van der Waals surface area (Å²) in [7, 11) is 0. The summed E-state index contributed by atoms with van der Waals surface area (Å²) in [4.78, 5) is 11.3. The number of nitrogens with one attached hydrogen (secondary N) is 2. The summed E-state index contributed by atoms with van der Waals surface area (Å²) in [6.45, 7) is 0.293. The molecule has 1 aliphatic heterocycles. The molecule has 8 heteroatoms. The number of amides is 1. The number of hydrogen-bond donors (Lipinski definition) is 3. The van der Waals surface area contributed by atoms with Crippen LogP contribution in [0.2, 0.25) is 0 Å². The first-order valence-electron chi connectivity index (χ1n) is 6.09. The highest BCUT2D eigenvalue weighted by Gasteiger charge is 2.15. The number of ether oxygens (including phenoxy) is 1. The summed E-state index contributed by atoms with van der Waals surface area (Å²) in [5.41, 5.74) is 5.14. The number of rotatable bonds is 4. The molecule has 104 valence electrons. The Labute approximate surface area is 119 Å². The number of anilines is 2. The van der Waals surface area contributed by atoms with Gasteiger partial charge in [-0.3, -0.25) is 4.79 Å². The Morgan fingerprint density at radius 3 is 3.20 bits per heavy atom. The highest BCUT2D eigenvalue weighted by molar-refractivity contribution is 7.10. The van der Waals surface area contributed by atoms with Crippen LogP contribution in [0.25, 0.3) is 0 Å². The summed E-state index contributed by atoms with van der Waals surface area (Å²) in [6.07, 6.45) is 1.24. The Bertz CT molecular complexity index is 643. The summed E-state index contributed by atoms with van der Waals surface area (Å²) in [5, 5.41) is 7.47. The molecule has 0 aliphatic carbocycles. The smallest absolute Gasteiger partial charge is 0.224 e. The lowest BCUT2D eigenvalue weighted by Crippen LogP contribution is -2.18. The normalized spacial score (nSPS) is 13.6. The minimum atomic E-state index is 0.0541. The average Bonchev–Trinajstić information content (AvgIpc) is 2.92. The van der Waals surface area contributed by atoms with E-state index in [2.05, 4.69) is 20.3 Å². The molecule has 0 atom stereocenters. The SMILES string of the molecule is NNc1snnc1COc1ccc2c(c1)CCC(=O)N2. The van der Waals surface area contributed by atoms with Crippen molar-refractivity contribution < 1.29 is 9.53 Å². The summed E-state index contributed by atoms with van der Waals surface area (Å²) >= 11 is 1.18. The number of carbonyl (C=O) groups is 1. The fourth-order valence-electron chi connectivity index (χ4n) is 2.01. The molecular weight excluding hydrogens is 278 g/mol. The zero-order valence-corrected chi connectivity index (χ0v) is 11.4. The van der Waals surface area contributed by atoms with Crippen molar-refractivity contribution in [2.24, 2.45) is 5.84 Å². The largest absolute Gasteiger partial charge is 0.487 e. The Kier molecular flexibility index (Phi) is 3.48. The van der Waals surface area contributed by atoms with Crippen LogP contribution in [0, 0.1) is 0 Å². The third-order valence-corrected chi connectivity index (χ3v) is 3.73. The van der Waals surface area contributed by atoms with Gasteiger partial charge in [0.2, 0.25) is 5.91 Å². The maximum Gasteiger partial charge on any atom is 0.224 e. The van der Waals surface area contributed by atoms with Crippen LogP contribution in [0.5, 0.6) is 5.75 Å². The van der Waals surface area contributed by atoms with Crippen LogP contribution >= 0.6 is 11.5 Å². The number of nitrogens with zero attached hydrogens (tertiary/aromatic N) is 2. The lowest BCUT2D eigenvalue weighted by molar-refractivity contribution is -0.116. The van der Waals surface area contributed by atoms with Crippen LogP contribution in [0.4, 0.5) is 10.7 Å². The van der Waals surface area contributed by atoms with Gasteiger partial charge in [0.25, 0.3) is 0 Å². The van der Waals surface area contributed by atoms with Gasteiger partial charge in [0.15, 0.2) is 5.00 Å². The first-order chi connectivity index (χ1) is 9.76. The maximum atomic E-state index is 11.3. The molecule has 4 N–H and O–H groups in total. The molecule has 0 fully saturated rings. The Morgan fingerprint density at radius 2 is 2.35 bits per heavy atom. The number of fused-ring (bicyclic) bond motifs is 1. The second kappa shape index (κ2) is 5.43. The zero-order chi connectivity index (χ0) is 13.9. The van der Waals surface area contributed by atoms with E-state index in [0.717, 1.165) is 23.4 Å². The number of hydrogen-bond acceptors (Lipinski definition) is 7. The number of aromatic nitrogens is 2. The molecule has 1 amide bonds. The monoisotopic (exact) mass is 291 g/mol. The maximum absolute atomic E-state index is 11.3. The van der Waals surface area contributed by atoms with E-state index in [4.69, 9.17) is 10.6 Å². The van der Waals surface area contributed by atoms with E-state index in [1.54, 1.807) is 0 Å². The van der Waals surface area contributed by atoms with Gasteiger partial charge >= 0.3 is 0 Å². The molecule has 0 saturated carbocycles. The molecule has 2 heterocycles. The van der Waals surface area contributed by atoms with Crippen molar-refractivity contribution in [1.82, 2.24) is 9.59 Å². The second-order valence-electron chi connectivity index (χ2n) is 4.35. The minimum absolute atomic E-state index is 0.0541. The summed E-state index contributed by atoms with van der Waals surface area (Å²) in [6, 6.07) is 5.60. The van der Waals surface area contributed by atoms with Crippen LogP contribution in [0.15, 0.2) is 18.2 Å². The van der Waals surface area contributed by atoms with Gasteiger partial charge in [-0.05, 0) is 30.2 Å². The lowest BCUT2D eigenvalue weighted by atomic mass is 10.0. The van der Waals surface area contributed by atoms with E-state index in [1.165, 1.54) is 11.5 Å². The van der Waals surface area contributed by atoms with Crippen molar-refractivity contribution in [2.75, 3.05) is 10.7 Å². The molecule has 1 aromatic carbocycles. The number of nitrogen functional groups attached to an aromatic ring is 1. The van der Waals surface area contributed by atoms with Crippen molar-refractivity contribution in [1.29, 1.82) is 0 Å². The molecule has 1 aromatic heterocycles. The molecule has 0 saturated heterocycles. The van der Waals surface area contributed by atoms with Crippen molar-refractivity contribution in [2.45, 2.75) is 19.4 Å². The average molecular weight is 291 g/mol. The van der Waals surface area contributed by atoms with Crippen molar-refractivity contribution in [3.63, 3.8) is 0 Å². The highest BCUT2D eigenvalue weighted by atomic mass is 32.1.